The molecule has 1 amide bonds. The van der Waals surface area contributed by atoms with E-state index < -0.39 is 5.82 Å². The number of aromatic nitrogens is 3. The van der Waals surface area contributed by atoms with Crippen molar-refractivity contribution in [2.75, 3.05) is 10.6 Å². The van der Waals surface area contributed by atoms with Crippen LogP contribution in [0.1, 0.15) is 11.1 Å². The number of nitrogens with zero attached hydrogens (tertiary/aromatic N) is 3. The highest BCUT2D eigenvalue weighted by molar-refractivity contribution is 5.91. The maximum Gasteiger partial charge on any atom is 0.230 e. The largest absolute Gasteiger partial charge is 0.365 e. The molecule has 0 saturated heterocycles. The van der Waals surface area contributed by atoms with Gasteiger partial charge < -0.3 is 10.6 Å². The Hall–Kier alpha value is -3.35. The van der Waals surface area contributed by atoms with Gasteiger partial charge in [-0.15, -0.1) is 10.2 Å². The lowest BCUT2D eigenvalue weighted by Crippen LogP contribution is -2.16. The molecule has 3 rings (SSSR count). The predicted octanol–water partition coefficient (Wildman–Crippen LogP) is 2.80. The SMILES string of the molecule is O=C(Cc1ccccc1F)Nc1ccc(NCc2ccncc2)nn1. The summed E-state index contributed by atoms with van der Waals surface area (Å²) in [6.07, 6.45) is 3.38. The van der Waals surface area contributed by atoms with Crippen LogP contribution in [0.4, 0.5) is 16.0 Å². The lowest BCUT2D eigenvalue weighted by molar-refractivity contribution is -0.115. The molecule has 0 saturated carbocycles. The molecule has 3 aromatic rings. The fourth-order valence-corrected chi connectivity index (χ4v) is 2.19. The quantitative estimate of drug-likeness (QED) is 0.723. The molecule has 0 aliphatic carbocycles. The van der Waals surface area contributed by atoms with Crippen LogP contribution in [-0.4, -0.2) is 21.1 Å². The van der Waals surface area contributed by atoms with Crippen LogP contribution in [-0.2, 0) is 17.8 Å². The van der Waals surface area contributed by atoms with Crippen molar-refractivity contribution in [1.29, 1.82) is 0 Å². The lowest BCUT2D eigenvalue weighted by atomic mass is 10.1. The van der Waals surface area contributed by atoms with Crippen molar-refractivity contribution in [3.05, 3.63) is 77.9 Å². The zero-order chi connectivity index (χ0) is 17.5. The Kier molecular flexibility index (Phi) is 5.26. The second kappa shape index (κ2) is 7.96. The molecule has 7 heteroatoms. The number of anilines is 2. The first kappa shape index (κ1) is 16.5. The van der Waals surface area contributed by atoms with E-state index >= 15 is 0 Å². The summed E-state index contributed by atoms with van der Waals surface area (Å²) in [5.74, 6) is 0.149. The molecule has 0 unspecified atom stereocenters. The molecular formula is C18H16FN5O. The number of benzene rings is 1. The summed E-state index contributed by atoms with van der Waals surface area (Å²) in [5, 5.41) is 13.7. The van der Waals surface area contributed by atoms with Crippen LogP contribution in [0.15, 0.2) is 60.9 Å². The van der Waals surface area contributed by atoms with Crippen molar-refractivity contribution in [3.63, 3.8) is 0 Å². The zero-order valence-corrected chi connectivity index (χ0v) is 13.3. The summed E-state index contributed by atoms with van der Waals surface area (Å²) in [7, 11) is 0. The van der Waals surface area contributed by atoms with Gasteiger partial charge in [0.1, 0.15) is 11.6 Å². The normalized spacial score (nSPS) is 10.3. The molecule has 0 spiro atoms. The number of hydrogen-bond donors (Lipinski definition) is 2. The number of halogens is 1. The van der Waals surface area contributed by atoms with Crippen molar-refractivity contribution < 1.29 is 9.18 Å². The van der Waals surface area contributed by atoms with Crippen molar-refractivity contribution in [3.8, 4) is 0 Å². The van der Waals surface area contributed by atoms with E-state index in [-0.39, 0.29) is 12.3 Å². The standard InChI is InChI=1S/C18H16FN5O/c19-15-4-2-1-3-14(15)11-18(25)22-17-6-5-16(23-24-17)21-12-13-7-9-20-10-8-13/h1-10H,11-12H2,(H,21,23)(H,22,24,25). The van der Waals surface area contributed by atoms with Gasteiger partial charge in [0.15, 0.2) is 5.82 Å². The van der Waals surface area contributed by atoms with Crippen LogP contribution in [0, 0.1) is 5.82 Å². The molecule has 0 atom stereocenters. The van der Waals surface area contributed by atoms with Gasteiger partial charge in [0.05, 0.1) is 6.42 Å². The Morgan fingerprint density at radius 3 is 2.40 bits per heavy atom. The fraction of sp³-hybridized carbons (Fsp3) is 0.111. The van der Waals surface area contributed by atoms with Crippen molar-refractivity contribution in [1.82, 2.24) is 15.2 Å². The molecule has 126 valence electrons. The Balaban J connectivity index is 1.53. The molecule has 0 radical (unpaired) electrons. The van der Waals surface area contributed by atoms with Gasteiger partial charge >= 0.3 is 0 Å². The highest BCUT2D eigenvalue weighted by atomic mass is 19.1. The average molecular weight is 337 g/mol. The monoisotopic (exact) mass is 337 g/mol. The number of pyridine rings is 1. The second-order valence-electron chi connectivity index (χ2n) is 5.33. The third-order valence-electron chi connectivity index (χ3n) is 3.46. The summed E-state index contributed by atoms with van der Waals surface area (Å²) >= 11 is 0. The maximum absolute atomic E-state index is 13.5. The molecule has 0 fully saturated rings. The predicted molar refractivity (Wildman–Crippen MR) is 92.3 cm³/mol. The molecule has 1 aromatic carbocycles. The maximum atomic E-state index is 13.5. The first-order chi connectivity index (χ1) is 12.2. The van der Waals surface area contributed by atoms with Gasteiger partial charge in [0.2, 0.25) is 5.91 Å². The van der Waals surface area contributed by atoms with E-state index in [4.69, 9.17) is 0 Å². The molecule has 2 heterocycles. The highest BCUT2D eigenvalue weighted by Gasteiger charge is 2.09. The van der Waals surface area contributed by atoms with Crippen LogP contribution in [0.5, 0.6) is 0 Å². The van der Waals surface area contributed by atoms with Gasteiger partial charge in [-0.3, -0.25) is 9.78 Å². The molecule has 2 aromatic heterocycles. The Labute approximate surface area is 144 Å². The first-order valence-electron chi connectivity index (χ1n) is 7.70. The number of rotatable bonds is 6. The molecular weight excluding hydrogens is 321 g/mol. The van der Waals surface area contributed by atoms with Gasteiger partial charge in [-0.2, -0.15) is 0 Å². The van der Waals surface area contributed by atoms with Crippen LogP contribution in [0.2, 0.25) is 0 Å². The van der Waals surface area contributed by atoms with Gasteiger partial charge in [0.25, 0.3) is 0 Å². The van der Waals surface area contributed by atoms with Gasteiger partial charge in [-0.25, -0.2) is 4.39 Å². The molecule has 25 heavy (non-hydrogen) atoms. The smallest absolute Gasteiger partial charge is 0.230 e. The number of amides is 1. The van der Waals surface area contributed by atoms with E-state index in [0.717, 1.165) is 5.56 Å². The van der Waals surface area contributed by atoms with E-state index in [0.29, 0.717) is 23.7 Å². The molecule has 2 N–H and O–H groups in total. The van der Waals surface area contributed by atoms with Crippen molar-refractivity contribution in [2.45, 2.75) is 13.0 Å². The summed E-state index contributed by atoms with van der Waals surface area (Å²) in [6, 6.07) is 13.3. The topological polar surface area (TPSA) is 79.8 Å². The number of nitrogens with one attached hydrogen (secondary N) is 2. The fourth-order valence-electron chi connectivity index (χ4n) is 2.19. The van der Waals surface area contributed by atoms with E-state index in [1.54, 1.807) is 42.7 Å². The minimum atomic E-state index is -0.403. The summed E-state index contributed by atoms with van der Waals surface area (Å²) < 4.78 is 13.5. The van der Waals surface area contributed by atoms with Crippen LogP contribution in [0.25, 0.3) is 0 Å². The van der Waals surface area contributed by atoms with Gasteiger partial charge in [0, 0.05) is 18.9 Å². The van der Waals surface area contributed by atoms with Gasteiger partial charge in [-0.05, 0) is 41.5 Å². The minimum absolute atomic E-state index is 0.0591. The Bertz CT molecular complexity index is 840. The van der Waals surface area contributed by atoms with E-state index in [9.17, 15) is 9.18 Å². The Morgan fingerprint density at radius 2 is 1.68 bits per heavy atom. The molecule has 0 bridgehead atoms. The Morgan fingerprint density at radius 1 is 0.960 bits per heavy atom. The number of carbonyl (C=O) groups excluding carboxylic acids is 1. The average Bonchev–Trinajstić information content (AvgIpc) is 2.64. The molecule has 6 nitrogen and oxygen atoms in total. The summed E-state index contributed by atoms with van der Waals surface area (Å²) in [4.78, 5) is 15.9. The van der Waals surface area contributed by atoms with Crippen LogP contribution >= 0.6 is 0 Å². The third kappa shape index (κ3) is 4.81. The molecule has 0 aliphatic rings. The van der Waals surface area contributed by atoms with Crippen molar-refractivity contribution >= 4 is 17.5 Å². The number of carbonyl (C=O) groups is 1. The summed E-state index contributed by atoms with van der Waals surface area (Å²) in [6.45, 7) is 0.593. The zero-order valence-electron chi connectivity index (χ0n) is 13.3. The highest BCUT2D eigenvalue weighted by Crippen LogP contribution is 2.10. The first-order valence-corrected chi connectivity index (χ1v) is 7.70. The molecule has 0 aliphatic heterocycles. The minimum Gasteiger partial charge on any atom is -0.365 e. The van der Waals surface area contributed by atoms with Crippen LogP contribution < -0.4 is 10.6 Å². The second-order valence-corrected chi connectivity index (χ2v) is 5.33. The van der Waals surface area contributed by atoms with E-state index in [2.05, 4.69) is 25.8 Å². The van der Waals surface area contributed by atoms with Crippen molar-refractivity contribution in [2.24, 2.45) is 0 Å². The third-order valence-corrected chi connectivity index (χ3v) is 3.46. The van der Waals surface area contributed by atoms with Crippen LogP contribution in [0.3, 0.4) is 0 Å². The van der Waals surface area contributed by atoms with E-state index in [1.807, 2.05) is 12.1 Å². The number of hydrogen-bond acceptors (Lipinski definition) is 5. The van der Waals surface area contributed by atoms with Gasteiger partial charge in [-0.1, -0.05) is 18.2 Å². The van der Waals surface area contributed by atoms with E-state index in [1.165, 1.54) is 6.07 Å². The lowest BCUT2D eigenvalue weighted by Gasteiger charge is -2.07. The summed E-state index contributed by atoms with van der Waals surface area (Å²) in [5.41, 5.74) is 1.41.